The number of carbonyl (C=O) groups excluding carboxylic acids is 2. The first-order chi connectivity index (χ1) is 21.1. The number of aryl methyl sites for hydroxylation is 1. The van der Waals surface area contributed by atoms with Crippen LogP contribution in [-0.4, -0.2) is 38.4 Å². The molecular formula is C34H36N6O4. The molecular weight excluding hydrogens is 556 g/mol. The third kappa shape index (κ3) is 7.22. The van der Waals surface area contributed by atoms with Gasteiger partial charge in [-0.05, 0) is 48.9 Å². The molecule has 0 saturated carbocycles. The standard InChI is InChI=1S/C34H36N6O4/c1-22-9-11-24(12-10-22)40-31(20-29(39-40)34(2,3)4)38-33(43)36-27-13-14-28(26-8-6-5-7-25(26)27)44-21-23-15-17-35-30(19-23)37-32(42)16-18-41/h5-15,17,19-20,41H,16,18,21H2,1-4H3,(H,35,37,42)(H2,36,38,43). The van der Waals surface area contributed by atoms with Crippen molar-refractivity contribution in [2.75, 3.05) is 22.6 Å². The average Bonchev–Trinajstić information content (AvgIpc) is 3.42. The summed E-state index contributed by atoms with van der Waals surface area (Å²) in [6.07, 6.45) is 1.59. The fourth-order valence-corrected chi connectivity index (χ4v) is 4.60. The number of nitrogens with one attached hydrogen (secondary N) is 3. The number of ether oxygens (including phenoxy) is 1. The van der Waals surface area contributed by atoms with E-state index in [4.69, 9.17) is 14.9 Å². The van der Waals surface area contributed by atoms with Crippen LogP contribution in [0.3, 0.4) is 0 Å². The molecule has 0 unspecified atom stereocenters. The molecule has 5 aromatic rings. The lowest BCUT2D eigenvalue weighted by Gasteiger charge is -2.15. The average molecular weight is 593 g/mol. The highest BCUT2D eigenvalue weighted by Gasteiger charge is 2.22. The third-order valence-corrected chi connectivity index (χ3v) is 6.96. The van der Waals surface area contributed by atoms with E-state index in [9.17, 15) is 9.59 Å². The van der Waals surface area contributed by atoms with E-state index in [-0.39, 0.29) is 31.0 Å². The van der Waals surface area contributed by atoms with E-state index in [1.54, 1.807) is 23.0 Å². The van der Waals surface area contributed by atoms with Crippen LogP contribution in [0.4, 0.5) is 22.1 Å². The van der Waals surface area contributed by atoms with Crippen molar-refractivity contribution >= 4 is 40.0 Å². The largest absolute Gasteiger partial charge is 0.488 e. The maximum atomic E-state index is 13.3. The van der Waals surface area contributed by atoms with Crippen LogP contribution in [0.15, 0.2) is 85.1 Å². The van der Waals surface area contributed by atoms with E-state index in [0.29, 0.717) is 23.1 Å². The van der Waals surface area contributed by atoms with Gasteiger partial charge in [0.15, 0.2) is 0 Å². The molecule has 0 aliphatic rings. The van der Waals surface area contributed by atoms with Crippen LogP contribution < -0.4 is 20.7 Å². The molecule has 0 bridgehead atoms. The van der Waals surface area contributed by atoms with Gasteiger partial charge in [0.05, 0.1) is 30.1 Å². The normalized spacial score (nSPS) is 11.3. The molecule has 2 aromatic heterocycles. The van der Waals surface area contributed by atoms with Gasteiger partial charge in [-0.2, -0.15) is 5.10 Å². The number of hydrogen-bond donors (Lipinski definition) is 4. The number of carbonyl (C=O) groups is 2. The first kappa shape index (κ1) is 30.2. The second-order valence-electron chi connectivity index (χ2n) is 11.5. The van der Waals surface area contributed by atoms with Crippen LogP contribution >= 0.6 is 0 Å². The zero-order valence-electron chi connectivity index (χ0n) is 25.2. The van der Waals surface area contributed by atoms with Gasteiger partial charge >= 0.3 is 6.03 Å². The number of anilines is 3. The Hall–Kier alpha value is -5.22. The summed E-state index contributed by atoms with van der Waals surface area (Å²) in [5.41, 5.74) is 4.07. The molecule has 0 saturated heterocycles. The van der Waals surface area contributed by atoms with Crippen molar-refractivity contribution in [2.24, 2.45) is 0 Å². The molecule has 0 atom stereocenters. The SMILES string of the molecule is Cc1ccc(-n2nc(C(C)(C)C)cc2NC(=O)Nc2ccc(OCc3ccnc(NC(=O)CCO)c3)c3ccccc23)cc1. The number of benzene rings is 3. The predicted octanol–water partition coefficient (Wildman–Crippen LogP) is 6.57. The fourth-order valence-electron chi connectivity index (χ4n) is 4.60. The van der Waals surface area contributed by atoms with Crippen molar-refractivity contribution in [3.05, 3.63) is 102 Å². The summed E-state index contributed by atoms with van der Waals surface area (Å²) in [6, 6.07) is 24.3. The van der Waals surface area contributed by atoms with Gasteiger partial charge in [-0.25, -0.2) is 14.5 Å². The summed E-state index contributed by atoms with van der Waals surface area (Å²) < 4.78 is 7.90. The number of aliphatic hydroxyl groups excluding tert-OH is 1. The first-order valence-corrected chi connectivity index (χ1v) is 14.4. The fraction of sp³-hybridized carbons (Fsp3) is 0.235. The Kier molecular flexibility index (Phi) is 8.91. The molecule has 0 aliphatic heterocycles. The van der Waals surface area contributed by atoms with Gasteiger partial charge < -0.3 is 20.5 Å². The van der Waals surface area contributed by atoms with E-state index in [1.807, 2.05) is 73.7 Å². The van der Waals surface area contributed by atoms with Gasteiger partial charge in [0.2, 0.25) is 5.91 Å². The molecule has 0 spiro atoms. The van der Waals surface area contributed by atoms with E-state index < -0.39 is 6.03 Å². The van der Waals surface area contributed by atoms with Crippen LogP contribution in [0.2, 0.25) is 0 Å². The van der Waals surface area contributed by atoms with Gasteiger partial charge in [0.1, 0.15) is 24.0 Å². The molecule has 226 valence electrons. The lowest BCUT2D eigenvalue weighted by atomic mass is 9.92. The van der Waals surface area contributed by atoms with Gasteiger partial charge in [0, 0.05) is 28.5 Å². The Labute approximate surface area is 256 Å². The zero-order valence-corrected chi connectivity index (χ0v) is 25.2. The second-order valence-corrected chi connectivity index (χ2v) is 11.5. The monoisotopic (exact) mass is 592 g/mol. The molecule has 0 fully saturated rings. The number of aliphatic hydroxyl groups is 1. The van der Waals surface area contributed by atoms with Gasteiger partial charge in [-0.1, -0.05) is 62.7 Å². The van der Waals surface area contributed by atoms with Crippen LogP contribution in [0.1, 0.15) is 44.0 Å². The highest BCUT2D eigenvalue weighted by atomic mass is 16.5. The van der Waals surface area contributed by atoms with E-state index in [0.717, 1.165) is 33.3 Å². The maximum absolute atomic E-state index is 13.3. The minimum Gasteiger partial charge on any atom is -0.488 e. The molecule has 4 N–H and O–H groups in total. The summed E-state index contributed by atoms with van der Waals surface area (Å²) in [5.74, 6) is 1.27. The second kappa shape index (κ2) is 13.0. The lowest BCUT2D eigenvalue weighted by Crippen LogP contribution is -2.21. The lowest BCUT2D eigenvalue weighted by molar-refractivity contribution is -0.116. The van der Waals surface area contributed by atoms with Crippen molar-refractivity contribution in [3.8, 4) is 11.4 Å². The van der Waals surface area contributed by atoms with E-state index >= 15 is 0 Å². The molecule has 0 aliphatic carbocycles. The van der Waals surface area contributed by atoms with Gasteiger partial charge in [-0.3, -0.25) is 10.1 Å². The quantitative estimate of drug-likeness (QED) is 0.153. The highest BCUT2D eigenvalue weighted by molar-refractivity contribution is 6.07. The zero-order chi connectivity index (χ0) is 31.3. The Morgan fingerprint density at radius 2 is 1.66 bits per heavy atom. The molecule has 2 heterocycles. The Morgan fingerprint density at radius 3 is 2.39 bits per heavy atom. The minimum absolute atomic E-state index is 0.00113. The maximum Gasteiger partial charge on any atom is 0.324 e. The van der Waals surface area contributed by atoms with Crippen molar-refractivity contribution in [2.45, 2.75) is 46.1 Å². The Morgan fingerprint density at radius 1 is 0.909 bits per heavy atom. The smallest absolute Gasteiger partial charge is 0.324 e. The molecule has 44 heavy (non-hydrogen) atoms. The van der Waals surface area contributed by atoms with E-state index in [1.165, 1.54) is 0 Å². The topological polar surface area (TPSA) is 130 Å². The number of pyridine rings is 1. The molecule has 10 heteroatoms. The molecule has 3 amide bonds. The number of urea groups is 1. The van der Waals surface area contributed by atoms with Gasteiger partial charge in [0.25, 0.3) is 0 Å². The van der Waals surface area contributed by atoms with Crippen LogP contribution in [-0.2, 0) is 16.8 Å². The third-order valence-electron chi connectivity index (χ3n) is 6.96. The number of rotatable bonds is 9. The number of nitrogens with zero attached hydrogens (tertiary/aromatic N) is 3. The van der Waals surface area contributed by atoms with Crippen molar-refractivity contribution in [1.82, 2.24) is 14.8 Å². The summed E-state index contributed by atoms with van der Waals surface area (Å²) in [5, 5.41) is 24.0. The number of hydrogen-bond acceptors (Lipinski definition) is 6. The summed E-state index contributed by atoms with van der Waals surface area (Å²) in [7, 11) is 0. The van der Waals surface area contributed by atoms with Crippen molar-refractivity contribution in [1.29, 1.82) is 0 Å². The van der Waals surface area contributed by atoms with Crippen LogP contribution in [0, 0.1) is 6.92 Å². The van der Waals surface area contributed by atoms with Crippen molar-refractivity contribution < 1.29 is 19.4 Å². The van der Waals surface area contributed by atoms with Gasteiger partial charge in [-0.15, -0.1) is 0 Å². The molecule has 0 radical (unpaired) electrons. The minimum atomic E-state index is -0.398. The highest BCUT2D eigenvalue weighted by Crippen LogP contribution is 2.33. The van der Waals surface area contributed by atoms with E-state index in [2.05, 4.69) is 41.7 Å². The number of fused-ring (bicyclic) bond motifs is 1. The molecule has 3 aromatic carbocycles. The van der Waals surface area contributed by atoms with Crippen LogP contribution in [0.5, 0.6) is 5.75 Å². The van der Waals surface area contributed by atoms with Crippen molar-refractivity contribution in [3.63, 3.8) is 0 Å². The predicted molar refractivity (Wildman–Crippen MR) is 172 cm³/mol. The number of amides is 3. The number of aromatic nitrogens is 3. The molecule has 5 rings (SSSR count). The summed E-state index contributed by atoms with van der Waals surface area (Å²) in [4.78, 5) is 29.3. The molecule has 10 nitrogen and oxygen atoms in total. The Bertz CT molecular complexity index is 1790. The van der Waals surface area contributed by atoms with Crippen LogP contribution in [0.25, 0.3) is 16.5 Å². The first-order valence-electron chi connectivity index (χ1n) is 14.4. The summed E-state index contributed by atoms with van der Waals surface area (Å²) in [6.45, 7) is 8.28. The summed E-state index contributed by atoms with van der Waals surface area (Å²) >= 11 is 0. The Balaban J connectivity index is 1.33.